The van der Waals surface area contributed by atoms with Crippen molar-refractivity contribution in [3.05, 3.63) is 35.4 Å². The van der Waals surface area contributed by atoms with Crippen molar-refractivity contribution in [3.8, 4) is 0 Å². The quantitative estimate of drug-likeness (QED) is 0.854. The first-order valence-corrected chi connectivity index (χ1v) is 8.51. The number of fused-ring (bicyclic) bond motifs is 2. The fourth-order valence-corrected chi connectivity index (χ4v) is 4.34. The molecule has 0 aromatic heterocycles. The lowest BCUT2D eigenvalue weighted by molar-refractivity contribution is -0.123. The largest absolute Gasteiger partial charge is 0.349 e. The molecule has 2 aliphatic rings. The van der Waals surface area contributed by atoms with E-state index in [1.165, 1.54) is 36.8 Å². The van der Waals surface area contributed by atoms with E-state index in [0.29, 0.717) is 5.92 Å². The van der Waals surface area contributed by atoms with E-state index in [1.54, 1.807) is 0 Å². The van der Waals surface area contributed by atoms with E-state index in [2.05, 4.69) is 43.4 Å². The number of aryl methyl sites for hydroxylation is 1. The first kappa shape index (κ1) is 14.6. The minimum atomic E-state index is 0.164. The van der Waals surface area contributed by atoms with E-state index in [9.17, 15) is 4.79 Å². The van der Waals surface area contributed by atoms with Crippen LogP contribution in [0.3, 0.4) is 0 Å². The summed E-state index contributed by atoms with van der Waals surface area (Å²) in [7, 11) is 0. The summed E-state index contributed by atoms with van der Waals surface area (Å²) in [6, 6.07) is 8.69. The molecule has 21 heavy (non-hydrogen) atoms. The monoisotopic (exact) mass is 285 g/mol. The molecule has 0 radical (unpaired) electrons. The summed E-state index contributed by atoms with van der Waals surface area (Å²) in [6.45, 7) is 4.24. The van der Waals surface area contributed by atoms with E-state index in [4.69, 9.17) is 0 Å². The molecule has 1 aromatic rings. The van der Waals surface area contributed by atoms with Crippen molar-refractivity contribution in [2.24, 2.45) is 17.8 Å². The Morgan fingerprint density at radius 1 is 1.24 bits per heavy atom. The Morgan fingerprint density at radius 3 is 2.57 bits per heavy atom. The fraction of sp³-hybridized carbons (Fsp3) is 0.632. The average Bonchev–Trinajstić information content (AvgIpc) is 3.08. The number of hydrogen-bond acceptors (Lipinski definition) is 1. The molecule has 0 heterocycles. The van der Waals surface area contributed by atoms with Crippen LogP contribution in [0.2, 0.25) is 0 Å². The summed E-state index contributed by atoms with van der Waals surface area (Å²) < 4.78 is 0. The van der Waals surface area contributed by atoms with Gasteiger partial charge in [0.2, 0.25) is 5.91 Å². The highest BCUT2D eigenvalue weighted by Crippen LogP contribution is 2.49. The highest BCUT2D eigenvalue weighted by atomic mass is 16.1. The predicted molar refractivity (Wildman–Crippen MR) is 85.9 cm³/mol. The van der Waals surface area contributed by atoms with Crippen molar-refractivity contribution < 1.29 is 4.79 Å². The Morgan fingerprint density at radius 2 is 2.00 bits per heavy atom. The third kappa shape index (κ3) is 3.30. The maximum Gasteiger partial charge on any atom is 0.220 e. The Labute approximate surface area is 128 Å². The zero-order valence-electron chi connectivity index (χ0n) is 13.3. The van der Waals surface area contributed by atoms with Gasteiger partial charge >= 0.3 is 0 Å². The molecule has 0 aliphatic heterocycles. The van der Waals surface area contributed by atoms with Crippen LogP contribution >= 0.6 is 0 Å². The van der Waals surface area contributed by atoms with Gasteiger partial charge in [-0.05, 0) is 55.9 Å². The van der Waals surface area contributed by atoms with Crippen LogP contribution in [-0.2, 0) is 4.79 Å². The molecule has 2 nitrogen and oxygen atoms in total. The second-order valence-corrected chi connectivity index (χ2v) is 7.08. The standard InChI is InChI=1S/C19H27NO/c1-3-18(15-7-4-13(2)5-8-15)20-19(21)12-17-11-14-6-9-16(17)10-14/h4-5,7-8,14,16-18H,3,6,9-12H2,1-2H3,(H,20,21)/t14-,16-,17-,18-/m0/s1. The third-order valence-electron chi connectivity index (χ3n) is 5.56. The zero-order chi connectivity index (χ0) is 14.8. The lowest BCUT2D eigenvalue weighted by Crippen LogP contribution is -2.30. The number of rotatable bonds is 5. The maximum absolute atomic E-state index is 12.4. The smallest absolute Gasteiger partial charge is 0.220 e. The molecule has 2 bridgehead atoms. The SMILES string of the molecule is CC[C@H](NC(=O)C[C@@H]1C[C@H]2CC[C@H]1C2)c1ccc(C)cc1. The maximum atomic E-state index is 12.4. The van der Waals surface area contributed by atoms with Crippen LogP contribution in [0.25, 0.3) is 0 Å². The molecule has 2 fully saturated rings. The second-order valence-electron chi connectivity index (χ2n) is 7.08. The minimum absolute atomic E-state index is 0.164. The van der Waals surface area contributed by atoms with E-state index >= 15 is 0 Å². The number of benzene rings is 1. The van der Waals surface area contributed by atoms with Gasteiger partial charge in [0.05, 0.1) is 6.04 Å². The van der Waals surface area contributed by atoms with Crippen LogP contribution in [-0.4, -0.2) is 5.91 Å². The topological polar surface area (TPSA) is 29.1 Å². The van der Waals surface area contributed by atoms with Crippen molar-refractivity contribution in [3.63, 3.8) is 0 Å². The molecule has 4 atom stereocenters. The fourth-order valence-electron chi connectivity index (χ4n) is 4.34. The van der Waals surface area contributed by atoms with E-state index in [0.717, 1.165) is 24.7 Å². The summed E-state index contributed by atoms with van der Waals surface area (Å²) in [5, 5.41) is 3.25. The third-order valence-corrected chi connectivity index (χ3v) is 5.56. The van der Waals surface area contributed by atoms with Gasteiger partial charge in [-0.3, -0.25) is 4.79 Å². The molecule has 2 saturated carbocycles. The zero-order valence-corrected chi connectivity index (χ0v) is 13.3. The Hall–Kier alpha value is -1.31. The van der Waals surface area contributed by atoms with Crippen molar-refractivity contribution >= 4 is 5.91 Å². The molecule has 1 N–H and O–H groups in total. The normalized spacial score (nSPS) is 28.6. The molecule has 0 spiro atoms. The van der Waals surface area contributed by atoms with Crippen LogP contribution in [0.15, 0.2) is 24.3 Å². The van der Waals surface area contributed by atoms with Crippen molar-refractivity contribution in [2.45, 2.75) is 58.4 Å². The molecule has 3 rings (SSSR count). The molecule has 2 aliphatic carbocycles. The van der Waals surface area contributed by atoms with Crippen molar-refractivity contribution in [1.29, 1.82) is 0 Å². The predicted octanol–water partition coefficient (Wildman–Crippen LogP) is 4.39. The molecule has 114 valence electrons. The highest BCUT2D eigenvalue weighted by Gasteiger charge is 2.40. The summed E-state index contributed by atoms with van der Waals surface area (Å²) >= 11 is 0. The summed E-state index contributed by atoms with van der Waals surface area (Å²) in [5.74, 6) is 2.66. The Balaban J connectivity index is 1.56. The Kier molecular flexibility index (Phi) is 4.32. The number of carbonyl (C=O) groups excluding carboxylic acids is 1. The van der Waals surface area contributed by atoms with Crippen LogP contribution in [0, 0.1) is 24.7 Å². The lowest BCUT2D eigenvalue weighted by atomic mass is 9.86. The van der Waals surface area contributed by atoms with E-state index in [-0.39, 0.29) is 11.9 Å². The van der Waals surface area contributed by atoms with Gasteiger partial charge in [-0.1, -0.05) is 43.2 Å². The molecule has 0 unspecified atom stereocenters. The molecule has 0 saturated heterocycles. The molecule has 1 amide bonds. The van der Waals surface area contributed by atoms with Crippen LogP contribution < -0.4 is 5.32 Å². The second kappa shape index (κ2) is 6.21. The van der Waals surface area contributed by atoms with Gasteiger partial charge in [0.1, 0.15) is 0 Å². The summed E-state index contributed by atoms with van der Waals surface area (Å²) in [6.07, 6.45) is 7.13. The van der Waals surface area contributed by atoms with E-state index in [1.807, 2.05) is 0 Å². The van der Waals surface area contributed by atoms with E-state index < -0.39 is 0 Å². The van der Waals surface area contributed by atoms with Gasteiger partial charge in [-0.25, -0.2) is 0 Å². The van der Waals surface area contributed by atoms with Crippen molar-refractivity contribution in [2.75, 3.05) is 0 Å². The first-order chi connectivity index (χ1) is 10.2. The van der Waals surface area contributed by atoms with Gasteiger partial charge in [0, 0.05) is 6.42 Å². The van der Waals surface area contributed by atoms with Crippen LogP contribution in [0.1, 0.15) is 62.6 Å². The van der Waals surface area contributed by atoms with Gasteiger partial charge in [0.25, 0.3) is 0 Å². The summed E-state index contributed by atoms with van der Waals surface area (Å²) in [4.78, 5) is 12.4. The van der Waals surface area contributed by atoms with Gasteiger partial charge in [0.15, 0.2) is 0 Å². The Bertz CT molecular complexity index is 493. The van der Waals surface area contributed by atoms with Crippen molar-refractivity contribution in [1.82, 2.24) is 5.32 Å². The van der Waals surface area contributed by atoms with Crippen LogP contribution in [0.5, 0.6) is 0 Å². The van der Waals surface area contributed by atoms with Gasteiger partial charge < -0.3 is 5.32 Å². The highest BCUT2D eigenvalue weighted by molar-refractivity contribution is 5.76. The molecule has 2 heteroatoms. The van der Waals surface area contributed by atoms with Gasteiger partial charge in [-0.2, -0.15) is 0 Å². The minimum Gasteiger partial charge on any atom is -0.349 e. The number of hydrogen-bond donors (Lipinski definition) is 1. The number of amides is 1. The molecular formula is C19H27NO. The average molecular weight is 285 g/mol. The number of carbonyl (C=O) groups is 1. The first-order valence-electron chi connectivity index (χ1n) is 8.51. The van der Waals surface area contributed by atoms with Gasteiger partial charge in [-0.15, -0.1) is 0 Å². The summed E-state index contributed by atoms with van der Waals surface area (Å²) in [5.41, 5.74) is 2.49. The lowest BCUT2D eigenvalue weighted by Gasteiger charge is -2.23. The molecule has 1 aromatic carbocycles. The van der Waals surface area contributed by atoms with Crippen LogP contribution in [0.4, 0.5) is 0 Å². The molecular weight excluding hydrogens is 258 g/mol. The number of nitrogens with one attached hydrogen (secondary N) is 1.